The van der Waals surface area contributed by atoms with E-state index in [0.717, 1.165) is 17.7 Å². The van der Waals surface area contributed by atoms with Crippen molar-refractivity contribution in [2.75, 3.05) is 4.72 Å². The lowest BCUT2D eigenvalue weighted by molar-refractivity contribution is 0.509. The Kier molecular flexibility index (Phi) is 3.76. The Hall–Kier alpha value is -1.95. The quantitative estimate of drug-likeness (QED) is 0.944. The van der Waals surface area contributed by atoms with Gasteiger partial charge in [-0.3, -0.25) is 4.72 Å². The summed E-state index contributed by atoms with van der Waals surface area (Å²) in [5.41, 5.74) is 1.50. The molecule has 0 heterocycles. The van der Waals surface area contributed by atoms with Crippen LogP contribution in [0.15, 0.2) is 41.3 Å². The molecule has 2 aromatic rings. The highest BCUT2D eigenvalue weighted by Crippen LogP contribution is 2.21. The van der Waals surface area contributed by atoms with Crippen LogP contribution in [0.2, 0.25) is 0 Å². The topological polar surface area (TPSA) is 46.2 Å². The maximum absolute atomic E-state index is 13.1. The monoisotopic (exact) mass is 297 g/mol. The van der Waals surface area contributed by atoms with E-state index in [1.54, 1.807) is 19.1 Å². The van der Waals surface area contributed by atoms with Gasteiger partial charge in [-0.2, -0.15) is 0 Å². The highest BCUT2D eigenvalue weighted by atomic mass is 32.2. The van der Waals surface area contributed by atoms with Gasteiger partial charge >= 0.3 is 0 Å². The van der Waals surface area contributed by atoms with Gasteiger partial charge in [-0.25, -0.2) is 17.2 Å². The van der Waals surface area contributed by atoms with Crippen LogP contribution >= 0.6 is 0 Å². The van der Waals surface area contributed by atoms with Crippen LogP contribution in [0.1, 0.15) is 11.1 Å². The highest BCUT2D eigenvalue weighted by molar-refractivity contribution is 7.92. The zero-order valence-corrected chi connectivity index (χ0v) is 11.8. The third kappa shape index (κ3) is 2.96. The maximum Gasteiger partial charge on any atom is 0.262 e. The maximum atomic E-state index is 13.1. The number of aryl methyl sites for hydroxylation is 2. The van der Waals surface area contributed by atoms with E-state index in [1.165, 1.54) is 12.1 Å². The summed E-state index contributed by atoms with van der Waals surface area (Å²) in [5, 5.41) is 0. The molecule has 0 saturated heterocycles. The van der Waals surface area contributed by atoms with Crippen molar-refractivity contribution < 1.29 is 17.2 Å². The number of rotatable bonds is 3. The minimum atomic E-state index is -3.83. The van der Waals surface area contributed by atoms with Gasteiger partial charge in [-0.1, -0.05) is 17.7 Å². The second kappa shape index (κ2) is 5.20. The lowest BCUT2D eigenvalue weighted by Gasteiger charge is -2.11. The second-order valence-corrected chi connectivity index (χ2v) is 6.15. The summed E-state index contributed by atoms with van der Waals surface area (Å²) in [6, 6.07) is 7.73. The first-order valence-corrected chi connectivity index (χ1v) is 7.33. The number of hydrogen-bond donors (Lipinski definition) is 1. The molecule has 1 N–H and O–H groups in total. The van der Waals surface area contributed by atoms with Crippen LogP contribution in [0.4, 0.5) is 14.5 Å². The molecule has 106 valence electrons. The first-order chi connectivity index (χ1) is 9.29. The summed E-state index contributed by atoms with van der Waals surface area (Å²) in [5.74, 6) is -2.13. The van der Waals surface area contributed by atoms with Crippen molar-refractivity contribution in [2.45, 2.75) is 18.7 Å². The SMILES string of the molecule is Cc1ccc(S(=O)(=O)Nc2ccc(F)c(F)c2)c(C)c1. The molecule has 2 rings (SSSR count). The number of anilines is 1. The van der Waals surface area contributed by atoms with Gasteiger partial charge in [0.25, 0.3) is 10.0 Å². The highest BCUT2D eigenvalue weighted by Gasteiger charge is 2.17. The molecule has 0 fully saturated rings. The summed E-state index contributed by atoms with van der Waals surface area (Å²) in [4.78, 5) is 0.104. The summed E-state index contributed by atoms with van der Waals surface area (Å²) < 4.78 is 52.5. The van der Waals surface area contributed by atoms with E-state index < -0.39 is 21.7 Å². The summed E-state index contributed by atoms with van der Waals surface area (Å²) in [7, 11) is -3.83. The van der Waals surface area contributed by atoms with Crippen LogP contribution in [-0.4, -0.2) is 8.42 Å². The van der Waals surface area contributed by atoms with E-state index >= 15 is 0 Å². The first-order valence-electron chi connectivity index (χ1n) is 5.85. The number of hydrogen-bond acceptors (Lipinski definition) is 2. The van der Waals surface area contributed by atoms with Crippen LogP contribution < -0.4 is 4.72 Å². The smallest absolute Gasteiger partial charge is 0.262 e. The average Bonchev–Trinajstić information content (AvgIpc) is 2.33. The molecule has 0 saturated carbocycles. The van der Waals surface area contributed by atoms with Crippen molar-refractivity contribution in [1.29, 1.82) is 0 Å². The van der Waals surface area contributed by atoms with Crippen molar-refractivity contribution >= 4 is 15.7 Å². The molecule has 0 radical (unpaired) electrons. The van der Waals surface area contributed by atoms with Crippen molar-refractivity contribution in [2.24, 2.45) is 0 Å². The molecule has 0 aliphatic rings. The fourth-order valence-electron chi connectivity index (χ4n) is 1.87. The summed E-state index contributed by atoms with van der Waals surface area (Å²) in [6.07, 6.45) is 0. The van der Waals surface area contributed by atoms with E-state index in [2.05, 4.69) is 4.72 Å². The van der Waals surface area contributed by atoms with E-state index in [0.29, 0.717) is 5.56 Å². The van der Waals surface area contributed by atoms with Gasteiger partial charge in [0.15, 0.2) is 11.6 Å². The van der Waals surface area contributed by atoms with Gasteiger partial charge < -0.3 is 0 Å². The van der Waals surface area contributed by atoms with Gasteiger partial charge in [0.05, 0.1) is 10.6 Å². The zero-order valence-electron chi connectivity index (χ0n) is 10.9. The van der Waals surface area contributed by atoms with E-state index in [1.807, 2.05) is 6.92 Å². The van der Waals surface area contributed by atoms with E-state index in [4.69, 9.17) is 0 Å². The Bertz CT molecular complexity index is 758. The van der Waals surface area contributed by atoms with Crippen LogP contribution in [-0.2, 0) is 10.0 Å². The Morgan fingerprint density at radius 2 is 1.65 bits per heavy atom. The Balaban J connectivity index is 2.38. The number of sulfonamides is 1. The molecule has 0 atom stereocenters. The lowest BCUT2D eigenvalue weighted by atomic mass is 10.2. The second-order valence-electron chi connectivity index (χ2n) is 4.50. The Morgan fingerprint density at radius 3 is 2.25 bits per heavy atom. The molecular weight excluding hydrogens is 284 g/mol. The van der Waals surface area contributed by atoms with E-state index in [9.17, 15) is 17.2 Å². The van der Waals surface area contributed by atoms with Crippen LogP contribution in [0.25, 0.3) is 0 Å². The number of benzene rings is 2. The molecule has 0 aliphatic carbocycles. The molecule has 0 bridgehead atoms. The predicted molar refractivity (Wildman–Crippen MR) is 73.1 cm³/mol. The standard InChI is InChI=1S/C14H13F2NO2S/c1-9-3-6-14(10(2)7-9)20(18,19)17-11-4-5-12(15)13(16)8-11/h3-8,17H,1-2H3. The molecule has 0 unspecified atom stereocenters. The first kappa shape index (κ1) is 14.5. The summed E-state index contributed by atoms with van der Waals surface area (Å²) >= 11 is 0. The molecule has 2 aromatic carbocycles. The van der Waals surface area contributed by atoms with Crippen molar-refractivity contribution in [3.63, 3.8) is 0 Å². The summed E-state index contributed by atoms with van der Waals surface area (Å²) in [6.45, 7) is 3.53. The van der Waals surface area contributed by atoms with Crippen LogP contribution in [0.3, 0.4) is 0 Å². The van der Waals surface area contributed by atoms with Crippen molar-refractivity contribution in [3.8, 4) is 0 Å². The number of nitrogens with one attached hydrogen (secondary N) is 1. The number of halogens is 2. The van der Waals surface area contributed by atoms with Crippen molar-refractivity contribution in [1.82, 2.24) is 0 Å². The molecular formula is C14H13F2NO2S. The van der Waals surface area contributed by atoms with Crippen molar-refractivity contribution in [3.05, 3.63) is 59.2 Å². The minimum Gasteiger partial charge on any atom is -0.280 e. The van der Waals surface area contributed by atoms with Gasteiger partial charge in [-0.15, -0.1) is 0 Å². The minimum absolute atomic E-state index is 0.0242. The third-order valence-corrected chi connectivity index (χ3v) is 4.33. The van der Waals surface area contributed by atoms with Crippen LogP contribution in [0.5, 0.6) is 0 Å². The van der Waals surface area contributed by atoms with Gasteiger partial charge in [0.2, 0.25) is 0 Å². The zero-order chi connectivity index (χ0) is 14.9. The largest absolute Gasteiger partial charge is 0.280 e. The predicted octanol–water partition coefficient (Wildman–Crippen LogP) is 3.38. The fraction of sp³-hybridized carbons (Fsp3) is 0.143. The molecule has 3 nitrogen and oxygen atoms in total. The molecule has 0 aromatic heterocycles. The fourth-order valence-corrected chi connectivity index (χ4v) is 3.15. The van der Waals surface area contributed by atoms with Crippen LogP contribution in [0, 0.1) is 25.5 Å². The molecule has 6 heteroatoms. The molecule has 0 amide bonds. The molecule has 20 heavy (non-hydrogen) atoms. The van der Waals surface area contributed by atoms with Gasteiger partial charge in [-0.05, 0) is 37.6 Å². The molecule has 0 aliphatic heterocycles. The lowest BCUT2D eigenvalue weighted by Crippen LogP contribution is -2.14. The average molecular weight is 297 g/mol. The van der Waals surface area contributed by atoms with Gasteiger partial charge in [0, 0.05) is 6.07 Å². The Labute approximate surface area is 116 Å². The van der Waals surface area contributed by atoms with Gasteiger partial charge in [0.1, 0.15) is 0 Å². The third-order valence-electron chi connectivity index (χ3n) is 2.79. The van der Waals surface area contributed by atoms with E-state index in [-0.39, 0.29) is 10.6 Å². The normalized spacial score (nSPS) is 11.4. The Morgan fingerprint density at radius 1 is 0.950 bits per heavy atom. The molecule has 0 spiro atoms.